The highest BCUT2D eigenvalue weighted by atomic mass is 16.1. The van der Waals surface area contributed by atoms with Crippen molar-refractivity contribution in [3.05, 3.63) is 88.7 Å². The van der Waals surface area contributed by atoms with E-state index in [1.165, 1.54) is 18.1 Å². The Hall–Kier alpha value is -3.24. The Balaban J connectivity index is 1.69. The summed E-state index contributed by atoms with van der Waals surface area (Å²) in [5.74, 6) is 0. The Morgan fingerprint density at radius 3 is 2.32 bits per heavy atom. The second kappa shape index (κ2) is 6.43. The van der Waals surface area contributed by atoms with Crippen LogP contribution in [0.3, 0.4) is 0 Å². The van der Waals surface area contributed by atoms with Gasteiger partial charge >= 0.3 is 0 Å². The molecule has 1 aliphatic rings. The first-order valence-electron chi connectivity index (χ1n) is 9.62. The number of nitrogens with one attached hydrogen (secondary N) is 1. The average Bonchev–Trinajstić information content (AvgIpc) is 2.72. The van der Waals surface area contributed by atoms with E-state index in [-0.39, 0.29) is 11.1 Å². The van der Waals surface area contributed by atoms with E-state index in [4.69, 9.17) is 10.7 Å². The summed E-state index contributed by atoms with van der Waals surface area (Å²) in [5, 5.41) is 0. The summed E-state index contributed by atoms with van der Waals surface area (Å²) in [5.41, 5.74) is 12.9. The standard InChI is InChI=1S/C24H21N3O/c25-24(13-4-14-24)18-9-7-17(8-10-18)23-19(16-5-2-1-3-6-16)15-21-20(27-23)11-12-22(28)26-21/h1-3,5-12,15H,4,13-14,25H2,(H,26,28). The van der Waals surface area contributed by atoms with E-state index in [0.29, 0.717) is 0 Å². The Bertz CT molecular complexity index is 1210. The summed E-state index contributed by atoms with van der Waals surface area (Å²) in [6, 6.07) is 23.9. The minimum atomic E-state index is -0.170. The SMILES string of the molecule is NC1(c2ccc(-c3nc4ccc(=O)[nH]c4cc3-c3ccccc3)cc2)CCC1. The number of benzene rings is 2. The van der Waals surface area contributed by atoms with Gasteiger partial charge in [-0.15, -0.1) is 0 Å². The third kappa shape index (κ3) is 2.83. The summed E-state index contributed by atoms with van der Waals surface area (Å²) in [4.78, 5) is 19.5. The molecule has 2 aromatic heterocycles. The van der Waals surface area contributed by atoms with Crippen molar-refractivity contribution >= 4 is 11.0 Å². The van der Waals surface area contributed by atoms with Crippen molar-refractivity contribution in [2.45, 2.75) is 24.8 Å². The van der Waals surface area contributed by atoms with Crippen LogP contribution in [0.5, 0.6) is 0 Å². The number of hydrogen-bond donors (Lipinski definition) is 2. The molecule has 1 aliphatic carbocycles. The monoisotopic (exact) mass is 367 g/mol. The summed E-state index contributed by atoms with van der Waals surface area (Å²) in [6.45, 7) is 0. The smallest absolute Gasteiger partial charge is 0.248 e. The zero-order valence-electron chi connectivity index (χ0n) is 15.5. The zero-order chi connectivity index (χ0) is 19.1. The molecule has 0 saturated heterocycles. The molecule has 4 nitrogen and oxygen atoms in total. The largest absolute Gasteiger partial charge is 0.321 e. The van der Waals surface area contributed by atoms with Crippen LogP contribution >= 0.6 is 0 Å². The number of fused-ring (bicyclic) bond motifs is 1. The van der Waals surface area contributed by atoms with E-state index in [2.05, 4.69) is 41.4 Å². The molecule has 3 N–H and O–H groups in total. The van der Waals surface area contributed by atoms with Crippen molar-refractivity contribution in [2.24, 2.45) is 5.73 Å². The Morgan fingerprint density at radius 1 is 0.893 bits per heavy atom. The Labute approximate surface area is 163 Å². The van der Waals surface area contributed by atoms with Gasteiger partial charge in [-0.1, -0.05) is 54.6 Å². The first kappa shape index (κ1) is 16.9. The van der Waals surface area contributed by atoms with Crippen LogP contribution in [0.1, 0.15) is 24.8 Å². The minimum absolute atomic E-state index is 0.126. The van der Waals surface area contributed by atoms with E-state index >= 15 is 0 Å². The molecule has 138 valence electrons. The van der Waals surface area contributed by atoms with Gasteiger partial charge in [0.15, 0.2) is 0 Å². The fraction of sp³-hybridized carbons (Fsp3) is 0.167. The van der Waals surface area contributed by atoms with E-state index in [1.54, 1.807) is 6.07 Å². The molecule has 0 spiro atoms. The number of nitrogens with two attached hydrogens (primary N) is 1. The molecule has 28 heavy (non-hydrogen) atoms. The van der Waals surface area contributed by atoms with Gasteiger partial charge in [0, 0.05) is 22.7 Å². The van der Waals surface area contributed by atoms with Gasteiger partial charge in [-0.3, -0.25) is 4.79 Å². The van der Waals surface area contributed by atoms with Gasteiger partial charge in [0.1, 0.15) is 0 Å². The van der Waals surface area contributed by atoms with Gasteiger partial charge in [-0.05, 0) is 42.5 Å². The van der Waals surface area contributed by atoms with E-state index in [1.807, 2.05) is 24.3 Å². The van der Waals surface area contributed by atoms with Gasteiger partial charge in [0.2, 0.25) is 5.56 Å². The topological polar surface area (TPSA) is 71.8 Å². The highest BCUT2D eigenvalue weighted by Gasteiger charge is 2.34. The van der Waals surface area contributed by atoms with Crippen molar-refractivity contribution in [3.8, 4) is 22.4 Å². The number of nitrogens with zero attached hydrogens (tertiary/aromatic N) is 1. The first-order valence-corrected chi connectivity index (χ1v) is 9.62. The van der Waals surface area contributed by atoms with Crippen LogP contribution in [-0.2, 0) is 5.54 Å². The predicted octanol–water partition coefficient (Wildman–Crippen LogP) is 4.60. The lowest BCUT2D eigenvalue weighted by atomic mass is 9.72. The molecular formula is C24H21N3O. The lowest BCUT2D eigenvalue weighted by Gasteiger charge is -2.38. The van der Waals surface area contributed by atoms with Crippen molar-refractivity contribution in [2.75, 3.05) is 0 Å². The van der Waals surface area contributed by atoms with Crippen molar-refractivity contribution in [3.63, 3.8) is 0 Å². The van der Waals surface area contributed by atoms with Crippen LogP contribution in [0.25, 0.3) is 33.4 Å². The maximum Gasteiger partial charge on any atom is 0.248 e. The van der Waals surface area contributed by atoms with Crippen LogP contribution in [0.2, 0.25) is 0 Å². The number of H-pyrrole nitrogens is 1. The molecule has 0 unspecified atom stereocenters. The number of pyridine rings is 2. The average molecular weight is 367 g/mol. The van der Waals surface area contributed by atoms with Gasteiger partial charge < -0.3 is 10.7 Å². The fourth-order valence-corrected chi connectivity index (χ4v) is 3.95. The molecule has 1 saturated carbocycles. The van der Waals surface area contributed by atoms with Crippen LogP contribution in [0.4, 0.5) is 0 Å². The number of hydrogen-bond acceptors (Lipinski definition) is 3. The second-order valence-electron chi connectivity index (χ2n) is 7.59. The molecule has 1 fully saturated rings. The van der Waals surface area contributed by atoms with Crippen molar-refractivity contribution in [1.29, 1.82) is 0 Å². The third-order valence-electron chi connectivity index (χ3n) is 5.77. The van der Waals surface area contributed by atoms with Crippen LogP contribution in [0.15, 0.2) is 77.6 Å². The van der Waals surface area contributed by atoms with Gasteiger partial charge in [0.25, 0.3) is 0 Å². The first-order chi connectivity index (χ1) is 13.6. The molecule has 4 heteroatoms. The third-order valence-corrected chi connectivity index (χ3v) is 5.77. The molecule has 2 aromatic carbocycles. The Kier molecular flexibility index (Phi) is 3.88. The highest BCUT2D eigenvalue weighted by Crippen LogP contribution is 2.40. The summed E-state index contributed by atoms with van der Waals surface area (Å²) < 4.78 is 0. The van der Waals surface area contributed by atoms with Gasteiger partial charge in [0.05, 0.1) is 16.7 Å². The normalized spacial score (nSPS) is 15.3. The highest BCUT2D eigenvalue weighted by molar-refractivity contribution is 5.89. The molecule has 0 aliphatic heterocycles. The lowest BCUT2D eigenvalue weighted by Crippen LogP contribution is -2.43. The van der Waals surface area contributed by atoms with Crippen molar-refractivity contribution in [1.82, 2.24) is 9.97 Å². The lowest BCUT2D eigenvalue weighted by molar-refractivity contribution is 0.253. The van der Waals surface area contributed by atoms with Crippen LogP contribution in [-0.4, -0.2) is 9.97 Å². The van der Waals surface area contributed by atoms with Crippen LogP contribution in [0, 0.1) is 0 Å². The van der Waals surface area contributed by atoms with Crippen LogP contribution < -0.4 is 11.3 Å². The Morgan fingerprint density at radius 2 is 1.64 bits per heavy atom. The van der Waals surface area contributed by atoms with E-state index in [0.717, 1.165) is 46.3 Å². The molecule has 0 atom stereocenters. The molecule has 5 rings (SSSR count). The number of aromatic nitrogens is 2. The molecule has 2 heterocycles. The molecular weight excluding hydrogens is 346 g/mol. The van der Waals surface area contributed by atoms with Crippen molar-refractivity contribution < 1.29 is 0 Å². The fourth-order valence-electron chi connectivity index (χ4n) is 3.95. The zero-order valence-corrected chi connectivity index (χ0v) is 15.5. The number of rotatable bonds is 3. The predicted molar refractivity (Wildman–Crippen MR) is 113 cm³/mol. The van der Waals surface area contributed by atoms with E-state index in [9.17, 15) is 4.79 Å². The van der Waals surface area contributed by atoms with E-state index < -0.39 is 0 Å². The quantitative estimate of drug-likeness (QED) is 0.556. The maximum absolute atomic E-state index is 11.8. The second-order valence-corrected chi connectivity index (χ2v) is 7.59. The molecule has 0 amide bonds. The summed E-state index contributed by atoms with van der Waals surface area (Å²) >= 11 is 0. The van der Waals surface area contributed by atoms with Gasteiger partial charge in [-0.2, -0.15) is 0 Å². The molecule has 4 aromatic rings. The summed E-state index contributed by atoms with van der Waals surface area (Å²) in [6.07, 6.45) is 3.28. The van der Waals surface area contributed by atoms with Gasteiger partial charge in [-0.25, -0.2) is 4.98 Å². The molecule has 0 bridgehead atoms. The minimum Gasteiger partial charge on any atom is -0.321 e. The maximum atomic E-state index is 11.8. The summed E-state index contributed by atoms with van der Waals surface area (Å²) in [7, 11) is 0. The number of aromatic amines is 1. The molecule has 0 radical (unpaired) electrons.